The maximum absolute atomic E-state index is 12.3. The second kappa shape index (κ2) is 8.84. The Balaban J connectivity index is 1.29. The van der Waals surface area contributed by atoms with E-state index >= 15 is 0 Å². The van der Waals surface area contributed by atoms with Gasteiger partial charge in [0, 0.05) is 16.6 Å². The van der Waals surface area contributed by atoms with E-state index in [1.54, 1.807) is 18.4 Å². The Hall–Kier alpha value is -2.24. The monoisotopic (exact) mass is 482 g/mol. The molecular weight excluding hydrogens is 468 g/mol. The van der Waals surface area contributed by atoms with Gasteiger partial charge < -0.3 is 24.5 Å². The molecule has 8 nitrogen and oxygen atoms in total. The average Bonchev–Trinajstić information content (AvgIpc) is 3.37. The lowest BCUT2D eigenvalue weighted by Gasteiger charge is -2.20. The van der Waals surface area contributed by atoms with Crippen molar-refractivity contribution in [1.29, 1.82) is 0 Å². The molecule has 0 saturated carbocycles. The van der Waals surface area contributed by atoms with Crippen molar-refractivity contribution < 1.29 is 18.7 Å². The normalized spacial score (nSPS) is 12.6. The van der Waals surface area contributed by atoms with Gasteiger partial charge in [-0.15, -0.1) is 10.2 Å². The Morgan fingerprint density at radius 1 is 1.25 bits per heavy atom. The number of nitrogens with zero attached hydrogens (tertiary/aromatic N) is 2. The molecule has 4 rings (SSSR count). The molecule has 0 unspecified atom stereocenters. The highest BCUT2D eigenvalue weighted by atomic mass is 79.9. The minimum Gasteiger partial charge on any atom is -0.486 e. The zero-order chi connectivity index (χ0) is 19.3. The third-order valence-corrected chi connectivity index (χ3v) is 6.30. The molecule has 0 radical (unpaired) electrons. The Bertz CT molecular complexity index is 964. The van der Waals surface area contributed by atoms with Gasteiger partial charge in [0.05, 0.1) is 24.2 Å². The van der Waals surface area contributed by atoms with Gasteiger partial charge in [-0.2, -0.15) is 0 Å². The third kappa shape index (κ3) is 4.78. The number of benzene rings is 1. The van der Waals surface area contributed by atoms with Crippen molar-refractivity contribution in [3.05, 3.63) is 40.8 Å². The number of ether oxygens (including phenoxy) is 2. The lowest BCUT2D eigenvalue weighted by molar-refractivity contribution is -0.113. The molecule has 28 heavy (non-hydrogen) atoms. The number of halogens is 1. The lowest BCUT2D eigenvalue weighted by atomic mass is 10.2. The summed E-state index contributed by atoms with van der Waals surface area (Å²) in [4.78, 5) is 12.3. The van der Waals surface area contributed by atoms with Crippen molar-refractivity contribution in [2.24, 2.45) is 0 Å². The molecule has 0 fully saturated rings. The number of carbonyl (C=O) groups is 1. The lowest BCUT2D eigenvalue weighted by Crippen LogP contribution is -2.17. The smallest absolute Gasteiger partial charge is 0.234 e. The summed E-state index contributed by atoms with van der Waals surface area (Å²) in [6.45, 7) is 1.54. The second-order valence-electron chi connectivity index (χ2n) is 5.62. The number of fused-ring (bicyclic) bond motifs is 1. The molecular formula is C17H15BrN4O4S2. The first-order valence-corrected chi connectivity index (χ1v) is 10.9. The van der Waals surface area contributed by atoms with Crippen LogP contribution >= 0.6 is 39.0 Å². The molecule has 1 aliphatic heterocycles. The first-order chi connectivity index (χ1) is 13.7. The molecule has 11 heteroatoms. The summed E-state index contributed by atoms with van der Waals surface area (Å²) in [5.41, 5.74) is 0.632. The fraction of sp³-hybridized carbons (Fsp3) is 0.235. The highest BCUT2D eigenvalue weighted by Gasteiger charge is 2.16. The SMILES string of the molecule is O=C(CSc1nnc(NCc2ccco2)s1)Nc1cc2c(cc1Br)OCCO2. The third-order valence-electron chi connectivity index (χ3n) is 3.63. The van der Waals surface area contributed by atoms with Crippen LogP contribution in [0.5, 0.6) is 11.5 Å². The Morgan fingerprint density at radius 3 is 2.86 bits per heavy atom. The molecule has 0 bridgehead atoms. The van der Waals surface area contributed by atoms with E-state index in [0.29, 0.717) is 46.4 Å². The standard InChI is InChI=1S/C17H15BrN4O4S2/c18-11-6-13-14(26-5-4-25-13)7-12(11)20-15(23)9-27-17-22-21-16(28-17)19-8-10-2-1-3-24-10/h1-3,6-7H,4-5,8-9H2,(H,19,21)(H,20,23). The van der Waals surface area contributed by atoms with Crippen molar-refractivity contribution >= 4 is 55.8 Å². The average molecular weight is 483 g/mol. The zero-order valence-electron chi connectivity index (χ0n) is 14.4. The Morgan fingerprint density at radius 2 is 2.07 bits per heavy atom. The van der Waals surface area contributed by atoms with Gasteiger partial charge in [0.15, 0.2) is 15.8 Å². The number of aromatic nitrogens is 2. The summed E-state index contributed by atoms with van der Waals surface area (Å²) in [5.74, 6) is 2.16. The molecule has 3 aromatic rings. The second-order valence-corrected chi connectivity index (χ2v) is 8.67. The van der Waals surface area contributed by atoms with E-state index < -0.39 is 0 Å². The topological polar surface area (TPSA) is 98.5 Å². The summed E-state index contributed by atoms with van der Waals surface area (Å²) in [6, 6.07) is 7.25. The molecule has 0 saturated heterocycles. The van der Waals surface area contributed by atoms with Crippen LogP contribution in [0.2, 0.25) is 0 Å². The van der Waals surface area contributed by atoms with Crippen LogP contribution in [0.3, 0.4) is 0 Å². The summed E-state index contributed by atoms with van der Waals surface area (Å²) < 4.78 is 17.8. The van der Waals surface area contributed by atoms with E-state index in [-0.39, 0.29) is 11.7 Å². The van der Waals surface area contributed by atoms with E-state index in [1.165, 1.54) is 23.1 Å². The quantitative estimate of drug-likeness (QED) is 0.487. The molecule has 3 heterocycles. The van der Waals surface area contributed by atoms with Crippen molar-refractivity contribution in [2.45, 2.75) is 10.9 Å². The van der Waals surface area contributed by atoms with Crippen molar-refractivity contribution in [3.63, 3.8) is 0 Å². The number of furan rings is 1. The van der Waals surface area contributed by atoms with Gasteiger partial charge in [0.1, 0.15) is 19.0 Å². The van der Waals surface area contributed by atoms with Gasteiger partial charge >= 0.3 is 0 Å². The van der Waals surface area contributed by atoms with Crippen LogP contribution in [-0.4, -0.2) is 35.1 Å². The molecule has 1 aliphatic rings. The van der Waals surface area contributed by atoms with E-state index in [4.69, 9.17) is 13.9 Å². The van der Waals surface area contributed by atoms with E-state index in [1.807, 2.05) is 12.1 Å². The summed E-state index contributed by atoms with van der Waals surface area (Å²) in [7, 11) is 0. The summed E-state index contributed by atoms with van der Waals surface area (Å²) >= 11 is 6.16. The number of hydrogen-bond acceptors (Lipinski definition) is 9. The van der Waals surface area contributed by atoms with Crippen LogP contribution < -0.4 is 20.1 Å². The minimum atomic E-state index is -0.150. The maximum Gasteiger partial charge on any atom is 0.234 e. The largest absolute Gasteiger partial charge is 0.486 e. The Kier molecular flexibility index (Phi) is 6.03. The highest BCUT2D eigenvalue weighted by molar-refractivity contribution is 9.10. The van der Waals surface area contributed by atoms with Crippen LogP contribution in [-0.2, 0) is 11.3 Å². The number of hydrogen-bond donors (Lipinski definition) is 2. The fourth-order valence-electron chi connectivity index (χ4n) is 2.39. The molecule has 0 aliphatic carbocycles. The van der Waals surface area contributed by atoms with Crippen molar-refractivity contribution in [3.8, 4) is 11.5 Å². The predicted octanol–water partition coefficient (Wildman–Crippen LogP) is 4.01. The van der Waals surface area contributed by atoms with E-state index in [9.17, 15) is 4.79 Å². The number of anilines is 2. The van der Waals surface area contributed by atoms with Crippen LogP contribution in [0.25, 0.3) is 0 Å². The van der Waals surface area contributed by atoms with Gasteiger partial charge in [0.2, 0.25) is 11.0 Å². The Labute approximate surface area is 177 Å². The van der Waals surface area contributed by atoms with Gasteiger partial charge in [-0.3, -0.25) is 4.79 Å². The molecule has 2 aromatic heterocycles. The molecule has 0 atom stereocenters. The number of amides is 1. The van der Waals surface area contributed by atoms with Gasteiger partial charge in [-0.05, 0) is 28.1 Å². The number of carbonyl (C=O) groups excluding carboxylic acids is 1. The van der Waals surface area contributed by atoms with Gasteiger partial charge in [-0.25, -0.2) is 0 Å². The van der Waals surface area contributed by atoms with Crippen LogP contribution in [0.15, 0.2) is 43.8 Å². The number of rotatable bonds is 7. The van der Waals surface area contributed by atoms with Gasteiger partial charge in [0.25, 0.3) is 0 Å². The summed E-state index contributed by atoms with van der Waals surface area (Å²) in [6.07, 6.45) is 1.62. The number of thioether (sulfide) groups is 1. The maximum atomic E-state index is 12.3. The first kappa shape index (κ1) is 19.1. The van der Waals surface area contributed by atoms with Crippen LogP contribution in [0, 0.1) is 0 Å². The van der Waals surface area contributed by atoms with E-state index in [0.717, 1.165) is 10.2 Å². The molecule has 0 spiro atoms. The van der Waals surface area contributed by atoms with Gasteiger partial charge in [-0.1, -0.05) is 23.1 Å². The molecule has 1 aromatic carbocycles. The van der Waals surface area contributed by atoms with Crippen molar-refractivity contribution in [1.82, 2.24) is 10.2 Å². The zero-order valence-corrected chi connectivity index (χ0v) is 17.7. The predicted molar refractivity (Wildman–Crippen MR) is 110 cm³/mol. The van der Waals surface area contributed by atoms with Crippen molar-refractivity contribution in [2.75, 3.05) is 29.6 Å². The molecule has 146 valence electrons. The molecule has 2 N–H and O–H groups in total. The fourth-order valence-corrected chi connectivity index (χ4v) is 4.36. The van der Waals surface area contributed by atoms with E-state index in [2.05, 4.69) is 36.8 Å². The molecule has 1 amide bonds. The highest BCUT2D eigenvalue weighted by Crippen LogP contribution is 2.38. The van der Waals surface area contributed by atoms with Crippen LogP contribution in [0.4, 0.5) is 10.8 Å². The summed E-state index contributed by atoms with van der Waals surface area (Å²) in [5, 5.41) is 14.8. The first-order valence-electron chi connectivity index (χ1n) is 8.29. The minimum absolute atomic E-state index is 0.150. The number of nitrogens with one attached hydrogen (secondary N) is 2. The van der Waals surface area contributed by atoms with Crippen LogP contribution in [0.1, 0.15) is 5.76 Å².